The van der Waals surface area contributed by atoms with Gasteiger partial charge in [0, 0.05) is 48.7 Å². The zero-order chi connectivity index (χ0) is 13.9. The van der Waals surface area contributed by atoms with Gasteiger partial charge in [-0.05, 0) is 40.7 Å². The molecule has 0 aliphatic rings. The Morgan fingerprint density at radius 1 is 1.06 bits per heavy atom. The summed E-state index contributed by atoms with van der Waals surface area (Å²) in [6.07, 6.45) is 1.31. The van der Waals surface area contributed by atoms with E-state index >= 15 is 0 Å². The summed E-state index contributed by atoms with van der Waals surface area (Å²) in [5.74, 6) is 0. The van der Waals surface area contributed by atoms with Crippen LogP contribution in [0, 0.1) is 0 Å². The molecule has 0 rings (SSSR count). The van der Waals surface area contributed by atoms with Gasteiger partial charge in [0.15, 0.2) is 0 Å². The van der Waals surface area contributed by atoms with Gasteiger partial charge in [-0.1, -0.05) is 0 Å². The van der Waals surface area contributed by atoms with Crippen molar-refractivity contribution < 1.29 is 13.3 Å². The third-order valence-corrected chi connectivity index (χ3v) is 6.45. The predicted octanol–water partition coefficient (Wildman–Crippen LogP) is 2.30. The lowest BCUT2D eigenvalue weighted by Crippen LogP contribution is -2.46. The molecule has 18 heavy (non-hydrogen) atoms. The molecule has 1 unspecified atom stereocenters. The minimum Gasteiger partial charge on any atom is -0.374 e. The Morgan fingerprint density at radius 2 is 1.56 bits per heavy atom. The summed E-state index contributed by atoms with van der Waals surface area (Å²) in [7, 11) is -2.44. The highest BCUT2D eigenvalue weighted by atomic mass is 127. The smallest absolute Gasteiger partial charge is 0.374 e. The van der Waals surface area contributed by atoms with Gasteiger partial charge < -0.3 is 18.6 Å². The molecule has 0 aromatic rings. The molecule has 0 heterocycles. The molecular weight excluding hydrogens is 363 g/mol. The van der Waals surface area contributed by atoms with Crippen molar-refractivity contribution in [3.05, 3.63) is 0 Å². The highest BCUT2D eigenvalue weighted by Crippen LogP contribution is 2.17. The van der Waals surface area contributed by atoms with Crippen molar-refractivity contribution in [1.82, 2.24) is 8.85 Å². The van der Waals surface area contributed by atoms with Gasteiger partial charge >= 0.3 is 8.80 Å². The third kappa shape index (κ3) is 8.03. The second-order valence-electron chi connectivity index (χ2n) is 3.87. The van der Waals surface area contributed by atoms with Gasteiger partial charge in [-0.2, -0.15) is 0 Å². The van der Waals surface area contributed by atoms with Crippen molar-refractivity contribution in [1.29, 1.82) is 0 Å². The lowest BCUT2D eigenvalue weighted by Gasteiger charge is -2.28. The second-order valence-corrected chi connectivity index (χ2v) is 7.23. The van der Waals surface area contributed by atoms with E-state index in [1.54, 1.807) is 0 Å². The van der Waals surface area contributed by atoms with E-state index in [0.29, 0.717) is 26.0 Å². The Kier molecular flexibility index (Phi) is 12.0. The van der Waals surface area contributed by atoms with Crippen LogP contribution in [0.15, 0.2) is 0 Å². The van der Waals surface area contributed by atoms with Crippen LogP contribution in [0.2, 0.25) is 6.04 Å². The average Bonchev–Trinajstić information content (AvgIpc) is 2.35. The molecular formula is C11H27IN2O3Si. The van der Waals surface area contributed by atoms with Crippen molar-refractivity contribution in [3.63, 3.8) is 0 Å². The molecule has 0 aromatic carbocycles. The van der Waals surface area contributed by atoms with Crippen LogP contribution >= 0.6 is 22.9 Å². The van der Waals surface area contributed by atoms with Gasteiger partial charge in [0.05, 0.1) is 6.17 Å². The maximum absolute atomic E-state index is 5.79. The lowest BCUT2D eigenvalue weighted by atomic mass is 10.4. The largest absolute Gasteiger partial charge is 0.500 e. The summed E-state index contributed by atoms with van der Waals surface area (Å²) < 4.78 is 20.5. The molecule has 0 amide bonds. The Labute approximate surface area is 126 Å². The van der Waals surface area contributed by atoms with E-state index in [4.69, 9.17) is 13.3 Å². The van der Waals surface area contributed by atoms with Gasteiger partial charge in [0.1, 0.15) is 0 Å². The van der Waals surface area contributed by atoms with E-state index in [1.807, 2.05) is 20.8 Å². The summed E-state index contributed by atoms with van der Waals surface area (Å²) >= 11 is 2.14. The Balaban J connectivity index is 4.12. The van der Waals surface area contributed by atoms with Gasteiger partial charge in [0.2, 0.25) is 0 Å². The molecule has 0 radical (unpaired) electrons. The van der Waals surface area contributed by atoms with Crippen LogP contribution in [0.5, 0.6) is 0 Å². The van der Waals surface area contributed by atoms with Crippen molar-refractivity contribution in [2.45, 2.75) is 46.3 Å². The first-order chi connectivity index (χ1) is 8.64. The second kappa shape index (κ2) is 11.6. The van der Waals surface area contributed by atoms with Crippen molar-refractivity contribution in [2.24, 2.45) is 0 Å². The third-order valence-electron chi connectivity index (χ3n) is 2.37. The Bertz CT molecular complexity index is 184. The van der Waals surface area contributed by atoms with Crippen LogP contribution in [0.3, 0.4) is 0 Å². The SMILES string of the molecule is CCO[Si](CCCNC(C)NI)(OCC)OCC. The highest BCUT2D eigenvalue weighted by molar-refractivity contribution is 14.1. The fourth-order valence-electron chi connectivity index (χ4n) is 1.66. The molecule has 110 valence electrons. The zero-order valence-electron chi connectivity index (χ0n) is 11.9. The highest BCUT2D eigenvalue weighted by Gasteiger charge is 2.39. The first-order valence-corrected chi connectivity index (χ1v) is 9.66. The van der Waals surface area contributed by atoms with Crippen LogP contribution in [0.25, 0.3) is 0 Å². The number of halogens is 1. The van der Waals surface area contributed by atoms with E-state index in [2.05, 4.69) is 38.6 Å². The maximum atomic E-state index is 5.79. The molecule has 0 aliphatic carbocycles. The monoisotopic (exact) mass is 390 g/mol. The Morgan fingerprint density at radius 3 is 1.94 bits per heavy atom. The van der Waals surface area contributed by atoms with Crippen LogP contribution < -0.4 is 8.85 Å². The fourth-order valence-corrected chi connectivity index (χ4v) is 4.50. The molecule has 5 nitrogen and oxygen atoms in total. The van der Waals surface area contributed by atoms with E-state index in [1.165, 1.54) is 0 Å². The average molecular weight is 390 g/mol. The molecule has 1 atom stereocenters. The summed E-state index contributed by atoms with van der Waals surface area (Å²) in [6.45, 7) is 10.9. The van der Waals surface area contributed by atoms with E-state index in [-0.39, 0.29) is 0 Å². The molecule has 0 saturated heterocycles. The van der Waals surface area contributed by atoms with Crippen LogP contribution in [0.4, 0.5) is 0 Å². The van der Waals surface area contributed by atoms with E-state index in [0.717, 1.165) is 19.0 Å². The first-order valence-electron chi connectivity index (χ1n) is 6.65. The number of hydrogen-bond donors (Lipinski definition) is 2. The van der Waals surface area contributed by atoms with Gasteiger partial charge in [-0.15, -0.1) is 0 Å². The minimum absolute atomic E-state index is 0.313. The van der Waals surface area contributed by atoms with Crippen LogP contribution in [0.1, 0.15) is 34.1 Å². The Hall–Kier alpha value is 0.747. The number of rotatable bonds is 12. The summed E-state index contributed by atoms with van der Waals surface area (Å²) in [5, 5.41) is 3.37. The van der Waals surface area contributed by atoms with Crippen molar-refractivity contribution >= 4 is 31.7 Å². The first kappa shape index (κ1) is 18.7. The molecule has 0 fully saturated rings. The van der Waals surface area contributed by atoms with Crippen molar-refractivity contribution in [3.8, 4) is 0 Å². The standard InChI is InChI=1S/C11H27IN2O3Si/c1-5-15-18(16-6-2,17-7-3)10-8-9-13-11(4)14-12/h11,13-14H,5-10H2,1-4H3. The van der Waals surface area contributed by atoms with Gasteiger partial charge in [0.25, 0.3) is 0 Å². The molecule has 0 spiro atoms. The summed E-state index contributed by atoms with van der Waals surface area (Å²) in [6, 6.07) is 0.865. The molecule has 2 N–H and O–H groups in total. The van der Waals surface area contributed by atoms with Crippen molar-refractivity contribution in [2.75, 3.05) is 26.4 Å². The normalized spacial score (nSPS) is 13.8. The van der Waals surface area contributed by atoms with Crippen LogP contribution in [-0.2, 0) is 13.3 Å². The van der Waals surface area contributed by atoms with Crippen LogP contribution in [-0.4, -0.2) is 41.3 Å². The maximum Gasteiger partial charge on any atom is 0.500 e. The quantitative estimate of drug-likeness (QED) is 0.176. The van der Waals surface area contributed by atoms with Gasteiger partial charge in [-0.3, -0.25) is 0 Å². The predicted molar refractivity (Wildman–Crippen MR) is 84.7 cm³/mol. The molecule has 0 aliphatic heterocycles. The molecule has 7 heteroatoms. The van der Waals surface area contributed by atoms with E-state index in [9.17, 15) is 0 Å². The van der Waals surface area contributed by atoms with Gasteiger partial charge in [-0.25, -0.2) is 3.53 Å². The molecule has 0 bridgehead atoms. The summed E-state index contributed by atoms with van der Waals surface area (Å²) in [5.41, 5.74) is 0. The topological polar surface area (TPSA) is 51.8 Å². The summed E-state index contributed by atoms with van der Waals surface area (Å²) in [4.78, 5) is 0. The molecule has 0 aromatic heterocycles. The number of nitrogens with one attached hydrogen (secondary N) is 2. The zero-order valence-corrected chi connectivity index (χ0v) is 15.1. The van der Waals surface area contributed by atoms with E-state index < -0.39 is 8.80 Å². The lowest BCUT2D eigenvalue weighted by molar-refractivity contribution is 0.0708. The fraction of sp³-hybridized carbons (Fsp3) is 1.00. The number of hydrogen-bond acceptors (Lipinski definition) is 5. The molecule has 0 saturated carbocycles. The minimum atomic E-state index is -2.44.